The predicted molar refractivity (Wildman–Crippen MR) is 91.7 cm³/mol. The average Bonchev–Trinajstić information content (AvgIpc) is 2.97. The van der Waals surface area contributed by atoms with Crippen molar-refractivity contribution in [2.24, 2.45) is 5.41 Å². The molecule has 150 valence electrons. The van der Waals surface area contributed by atoms with Crippen LogP contribution in [0.2, 0.25) is 0 Å². The van der Waals surface area contributed by atoms with Crippen LogP contribution in [0, 0.1) is 11.2 Å². The zero-order chi connectivity index (χ0) is 19.4. The smallest absolute Gasteiger partial charge is 0.356 e. The van der Waals surface area contributed by atoms with E-state index in [9.17, 15) is 26.0 Å². The molecule has 3 saturated heterocycles. The summed E-state index contributed by atoms with van der Waals surface area (Å²) < 4.78 is 75.9. The van der Waals surface area contributed by atoms with Gasteiger partial charge in [0.1, 0.15) is 17.2 Å². The molecule has 3 fully saturated rings. The topological polar surface area (TPSA) is 53.5 Å². The van der Waals surface area contributed by atoms with Crippen molar-refractivity contribution in [2.45, 2.75) is 31.5 Å². The molecule has 0 aromatic carbocycles. The van der Waals surface area contributed by atoms with E-state index in [1.54, 1.807) is 4.90 Å². The van der Waals surface area contributed by atoms with E-state index in [1.807, 2.05) is 0 Å². The Labute approximate surface area is 155 Å². The van der Waals surface area contributed by atoms with Crippen molar-refractivity contribution in [3.8, 4) is 0 Å². The molecule has 3 aliphatic rings. The largest absolute Gasteiger partial charge is 0.420 e. The summed E-state index contributed by atoms with van der Waals surface area (Å²) in [6, 6.07) is 0.731. The standard InChI is InChI=1S/C17H21F4N3O2S/c18-12-7-14(17(19,20)21)15(22-8-12)23-4-1-13(2-5-23)24-6-3-16(9-24)10-27(25,26)11-16/h7-8,13H,1-6,9-11H2. The summed E-state index contributed by atoms with van der Waals surface area (Å²) in [5.41, 5.74) is -1.15. The summed E-state index contributed by atoms with van der Waals surface area (Å²) in [5.74, 6) is -0.711. The first-order valence-corrected chi connectivity index (χ1v) is 10.8. The van der Waals surface area contributed by atoms with E-state index < -0.39 is 27.4 Å². The van der Waals surface area contributed by atoms with Crippen molar-refractivity contribution in [3.63, 3.8) is 0 Å². The molecule has 0 amide bonds. The van der Waals surface area contributed by atoms with Crippen LogP contribution in [-0.2, 0) is 16.0 Å². The highest BCUT2D eigenvalue weighted by Gasteiger charge is 2.53. The number of rotatable bonds is 2. The molecular weight excluding hydrogens is 386 g/mol. The molecule has 10 heteroatoms. The third kappa shape index (κ3) is 3.65. The van der Waals surface area contributed by atoms with Crippen molar-refractivity contribution < 1.29 is 26.0 Å². The van der Waals surface area contributed by atoms with E-state index in [0.717, 1.165) is 25.7 Å². The van der Waals surface area contributed by atoms with E-state index >= 15 is 0 Å². The second kappa shape index (κ2) is 6.30. The van der Waals surface area contributed by atoms with Crippen LogP contribution in [0.4, 0.5) is 23.4 Å². The van der Waals surface area contributed by atoms with Gasteiger partial charge in [0, 0.05) is 31.1 Å². The molecule has 0 bridgehead atoms. The van der Waals surface area contributed by atoms with Gasteiger partial charge in [0.25, 0.3) is 0 Å². The summed E-state index contributed by atoms with van der Waals surface area (Å²) in [6.07, 6.45) is -1.61. The van der Waals surface area contributed by atoms with Crippen LogP contribution in [0.25, 0.3) is 0 Å². The maximum atomic E-state index is 13.2. The van der Waals surface area contributed by atoms with E-state index in [2.05, 4.69) is 9.88 Å². The minimum absolute atomic E-state index is 0.113. The molecule has 1 spiro atoms. The van der Waals surface area contributed by atoms with Gasteiger partial charge in [-0.15, -0.1) is 0 Å². The number of likely N-dealkylation sites (tertiary alicyclic amines) is 1. The Morgan fingerprint density at radius 2 is 1.81 bits per heavy atom. The lowest BCUT2D eigenvalue weighted by Gasteiger charge is -2.41. The molecule has 1 aromatic heterocycles. The summed E-state index contributed by atoms with van der Waals surface area (Å²) in [5, 5.41) is 0. The number of nitrogens with zero attached hydrogens (tertiary/aromatic N) is 3. The molecule has 1 aromatic rings. The number of sulfone groups is 1. The first kappa shape index (κ1) is 18.9. The van der Waals surface area contributed by atoms with Crippen LogP contribution < -0.4 is 4.90 Å². The van der Waals surface area contributed by atoms with Gasteiger partial charge >= 0.3 is 6.18 Å². The maximum absolute atomic E-state index is 13.2. The first-order chi connectivity index (χ1) is 12.6. The summed E-state index contributed by atoms with van der Waals surface area (Å²) in [6.45, 7) is 2.41. The molecule has 4 rings (SSSR count). The van der Waals surface area contributed by atoms with Crippen molar-refractivity contribution in [2.75, 3.05) is 42.6 Å². The second-order valence-corrected chi connectivity index (χ2v) is 10.1. The van der Waals surface area contributed by atoms with Gasteiger partial charge in [0.05, 0.1) is 17.7 Å². The Hall–Kier alpha value is -1.42. The highest BCUT2D eigenvalue weighted by Crippen LogP contribution is 2.43. The number of piperidine rings is 1. The fourth-order valence-electron chi connectivity index (χ4n) is 4.74. The molecule has 4 heterocycles. The van der Waals surface area contributed by atoms with Gasteiger partial charge in [-0.25, -0.2) is 17.8 Å². The van der Waals surface area contributed by atoms with Gasteiger partial charge < -0.3 is 4.90 Å². The van der Waals surface area contributed by atoms with E-state index in [0.29, 0.717) is 32.0 Å². The van der Waals surface area contributed by atoms with Crippen molar-refractivity contribution >= 4 is 15.7 Å². The number of hydrogen-bond acceptors (Lipinski definition) is 5. The number of pyridine rings is 1. The molecule has 0 unspecified atom stereocenters. The third-order valence-corrected chi connectivity index (χ3v) is 8.04. The van der Waals surface area contributed by atoms with Crippen molar-refractivity contribution in [1.29, 1.82) is 0 Å². The Morgan fingerprint density at radius 1 is 1.15 bits per heavy atom. The molecular formula is C17H21F4N3O2S. The maximum Gasteiger partial charge on any atom is 0.420 e. The van der Waals surface area contributed by atoms with Crippen molar-refractivity contribution in [1.82, 2.24) is 9.88 Å². The molecule has 27 heavy (non-hydrogen) atoms. The Balaban J connectivity index is 1.40. The normalized spacial score (nSPS) is 25.7. The Kier molecular flexibility index (Phi) is 4.41. The van der Waals surface area contributed by atoms with Gasteiger partial charge in [-0.3, -0.25) is 4.90 Å². The fraction of sp³-hybridized carbons (Fsp3) is 0.706. The highest BCUT2D eigenvalue weighted by molar-refractivity contribution is 7.92. The van der Waals surface area contributed by atoms with Gasteiger partial charge in [-0.2, -0.15) is 13.2 Å². The first-order valence-electron chi connectivity index (χ1n) is 8.99. The predicted octanol–water partition coefficient (Wildman–Crippen LogP) is 2.33. The number of hydrogen-bond donors (Lipinski definition) is 0. The summed E-state index contributed by atoms with van der Waals surface area (Å²) in [4.78, 5) is 7.56. The van der Waals surface area contributed by atoms with Gasteiger partial charge in [0.15, 0.2) is 9.84 Å². The monoisotopic (exact) mass is 407 g/mol. The molecule has 0 saturated carbocycles. The van der Waals surface area contributed by atoms with Crippen LogP contribution >= 0.6 is 0 Å². The van der Waals surface area contributed by atoms with Crippen LogP contribution in [0.15, 0.2) is 12.3 Å². The number of aromatic nitrogens is 1. The summed E-state index contributed by atoms with van der Waals surface area (Å²) >= 11 is 0. The number of alkyl halides is 3. The summed E-state index contributed by atoms with van der Waals surface area (Å²) in [7, 11) is -2.87. The Bertz CT molecular complexity index is 823. The van der Waals surface area contributed by atoms with Crippen LogP contribution in [0.1, 0.15) is 24.8 Å². The van der Waals surface area contributed by atoms with E-state index in [4.69, 9.17) is 0 Å². The Morgan fingerprint density at radius 3 is 2.41 bits per heavy atom. The quantitative estimate of drug-likeness (QED) is 0.705. The molecule has 0 radical (unpaired) electrons. The lowest BCUT2D eigenvalue weighted by Crippen LogP contribution is -2.52. The molecule has 0 aliphatic carbocycles. The molecule has 0 N–H and O–H groups in total. The third-order valence-electron chi connectivity index (χ3n) is 5.94. The lowest BCUT2D eigenvalue weighted by atomic mass is 9.91. The van der Waals surface area contributed by atoms with E-state index in [-0.39, 0.29) is 28.8 Å². The SMILES string of the molecule is O=S1(=O)CC2(CCN(C3CCN(c4ncc(F)cc4C(F)(F)F)CC3)C2)C1. The minimum Gasteiger partial charge on any atom is -0.356 e. The van der Waals surface area contributed by atoms with Crippen molar-refractivity contribution in [3.05, 3.63) is 23.6 Å². The highest BCUT2D eigenvalue weighted by atomic mass is 32.2. The number of halogens is 4. The lowest BCUT2D eigenvalue weighted by molar-refractivity contribution is -0.137. The average molecular weight is 407 g/mol. The van der Waals surface area contributed by atoms with Gasteiger partial charge in [0.2, 0.25) is 0 Å². The fourth-order valence-corrected chi connectivity index (χ4v) is 7.00. The van der Waals surface area contributed by atoms with Gasteiger partial charge in [-0.05, 0) is 31.9 Å². The van der Waals surface area contributed by atoms with Gasteiger partial charge in [-0.1, -0.05) is 0 Å². The minimum atomic E-state index is -4.65. The molecule has 5 nitrogen and oxygen atoms in total. The van der Waals surface area contributed by atoms with Crippen LogP contribution in [0.5, 0.6) is 0 Å². The van der Waals surface area contributed by atoms with E-state index in [1.165, 1.54) is 0 Å². The molecule has 3 aliphatic heterocycles. The van der Waals surface area contributed by atoms with Crippen LogP contribution in [-0.4, -0.2) is 62.0 Å². The second-order valence-electron chi connectivity index (χ2n) is 7.99. The molecule has 0 atom stereocenters. The zero-order valence-electron chi connectivity index (χ0n) is 14.7. The zero-order valence-corrected chi connectivity index (χ0v) is 15.5. The number of anilines is 1. The van der Waals surface area contributed by atoms with Crippen LogP contribution in [0.3, 0.4) is 0 Å².